The van der Waals surface area contributed by atoms with E-state index in [0.29, 0.717) is 0 Å². The van der Waals surface area contributed by atoms with Crippen LogP contribution in [-0.2, 0) is 5.33 Å². The van der Waals surface area contributed by atoms with Crippen LogP contribution in [0.15, 0.2) is 22.7 Å². The molecule has 2 aromatic rings. The van der Waals surface area contributed by atoms with E-state index in [9.17, 15) is 0 Å². The number of rotatable bonds is 2. The molecule has 0 aliphatic heterocycles. The Bertz CT molecular complexity index is 564. The maximum atomic E-state index is 6.17. The molecule has 0 unspecified atom stereocenters. The highest BCUT2D eigenvalue weighted by molar-refractivity contribution is 9.10. The number of aromatic nitrogens is 2. The quantitative estimate of drug-likeness (QED) is 0.687. The fourth-order valence-electron chi connectivity index (χ4n) is 1.73. The van der Waals surface area contributed by atoms with Gasteiger partial charge >= 0.3 is 0 Å². The summed E-state index contributed by atoms with van der Waals surface area (Å²) in [6.07, 6.45) is 0. The van der Waals surface area contributed by atoms with Crippen molar-refractivity contribution in [2.75, 3.05) is 0 Å². The molecule has 0 N–H and O–H groups in total. The topological polar surface area (TPSA) is 17.8 Å². The Morgan fingerprint density at radius 2 is 2.06 bits per heavy atom. The molecule has 0 spiro atoms. The summed E-state index contributed by atoms with van der Waals surface area (Å²) in [5, 5.41) is 5.97. The summed E-state index contributed by atoms with van der Waals surface area (Å²) in [5.41, 5.74) is 4.04. The first kappa shape index (κ1) is 13.1. The molecule has 17 heavy (non-hydrogen) atoms. The van der Waals surface area contributed by atoms with Gasteiger partial charge in [-0.15, -0.1) is 0 Å². The van der Waals surface area contributed by atoms with Gasteiger partial charge in [0.15, 0.2) is 0 Å². The minimum atomic E-state index is 0.730. The van der Waals surface area contributed by atoms with Crippen molar-refractivity contribution >= 4 is 43.5 Å². The molecule has 1 heterocycles. The van der Waals surface area contributed by atoms with Gasteiger partial charge in [-0.25, -0.2) is 4.68 Å². The summed E-state index contributed by atoms with van der Waals surface area (Å²) < 4.78 is 2.95. The molecule has 0 aliphatic rings. The van der Waals surface area contributed by atoms with E-state index in [4.69, 9.17) is 11.6 Å². The van der Waals surface area contributed by atoms with Crippen molar-refractivity contribution in [2.24, 2.45) is 0 Å². The molecule has 1 aromatic heterocycles. The van der Waals surface area contributed by atoms with Crippen molar-refractivity contribution < 1.29 is 0 Å². The Kier molecular flexibility index (Phi) is 3.95. The largest absolute Gasteiger partial charge is 0.236 e. The first-order valence-electron chi connectivity index (χ1n) is 5.11. The second kappa shape index (κ2) is 5.12. The molecule has 0 bridgehead atoms. The van der Waals surface area contributed by atoms with Gasteiger partial charge in [0.1, 0.15) is 0 Å². The molecule has 0 amide bonds. The molecule has 0 radical (unpaired) electrons. The van der Waals surface area contributed by atoms with Gasteiger partial charge in [0.2, 0.25) is 0 Å². The van der Waals surface area contributed by atoms with Crippen LogP contribution >= 0.6 is 43.5 Å². The van der Waals surface area contributed by atoms with Crippen molar-refractivity contribution in [2.45, 2.75) is 19.2 Å². The van der Waals surface area contributed by atoms with Crippen LogP contribution in [0.5, 0.6) is 0 Å². The smallest absolute Gasteiger partial charge is 0.0848 e. The van der Waals surface area contributed by atoms with Crippen molar-refractivity contribution in [3.8, 4) is 5.69 Å². The van der Waals surface area contributed by atoms with Crippen LogP contribution in [0, 0.1) is 13.8 Å². The second-order valence-electron chi connectivity index (χ2n) is 3.80. The third-order valence-electron chi connectivity index (χ3n) is 2.62. The van der Waals surface area contributed by atoms with Gasteiger partial charge in [0, 0.05) is 9.80 Å². The van der Waals surface area contributed by atoms with Crippen LogP contribution < -0.4 is 0 Å². The van der Waals surface area contributed by atoms with Gasteiger partial charge in [0.05, 0.1) is 22.1 Å². The maximum absolute atomic E-state index is 6.17. The van der Waals surface area contributed by atoms with Crippen molar-refractivity contribution in [3.63, 3.8) is 0 Å². The fraction of sp³-hybridized carbons (Fsp3) is 0.250. The summed E-state index contributed by atoms with van der Waals surface area (Å²) in [7, 11) is 0. The van der Waals surface area contributed by atoms with E-state index in [1.807, 2.05) is 30.7 Å². The molecule has 0 fully saturated rings. The molecule has 0 saturated carbocycles. The van der Waals surface area contributed by atoms with E-state index in [1.165, 1.54) is 5.56 Å². The van der Waals surface area contributed by atoms with Crippen LogP contribution in [0.2, 0.25) is 5.02 Å². The predicted octanol–water partition coefficient (Wildman–Crippen LogP) is 4.80. The van der Waals surface area contributed by atoms with Crippen molar-refractivity contribution in [3.05, 3.63) is 44.6 Å². The number of aryl methyl sites for hydroxylation is 1. The maximum Gasteiger partial charge on any atom is 0.0848 e. The van der Waals surface area contributed by atoms with Crippen LogP contribution in [0.25, 0.3) is 5.69 Å². The lowest BCUT2D eigenvalue weighted by Gasteiger charge is -2.09. The number of benzene rings is 1. The third kappa shape index (κ3) is 2.44. The first-order valence-corrected chi connectivity index (χ1v) is 7.40. The lowest BCUT2D eigenvalue weighted by molar-refractivity contribution is 0.826. The van der Waals surface area contributed by atoms with Gasteiger partial charge in [-0.05, 0) is 37.6 Å². The lowest BCUT2D eigenvalue weighted by Crippen LogP contribution is -2.02. The molecule has 2 nitrogen and oxygen atoms in total. The zero-order chi connectivity index (χ0) is 12.6. The van der Waals surface area contributed by atoms with Gasteiger partial charge in [-0.3, -0.25) is 0 Å². The minimum absolute atomic E-state index is 0.730. The Morgan fingerprint density at radius 3 is 2.59 bits per heavy atom. The molecule has 0 aliphatic carbocycles. The Morgan fingerprint density at radius 1 is 1.35 bits per heavy atom. The van der Waals surface area contributed by atoms with E-state index in [-0.39, 0.29) is 0 Å². The van der Waals surface area contributed by atoms with Gasteiger partial charge in [-0.1, -0.05) is 43.5 Å². The van der Waals surface area contributed by atoms with Crippen LogP contribution in [0.1, 0.15) is 17.0 Å². The highest BCUT2D eigenvalue weighted by atomic mass is 79.9. The van der Waals surface area contributed by atoms with E-state index in [0.717, 1.165) is 31.9 Å². The lowest BCUT2D eigenvalue weighted by atomic mass is 10.2. The van der Waals surface area contributed by atoms with Crippen LogP contribution in [-0.4, -0.2) is 9.78 Å². The molecule has 1 aromatic carbocycles. The van der Waals surface area contributed by atoms with E-state index in [1.54, 1.807) is 0 Å². The third-order valence-corrected chi connectivity index (χ3v) is 4.26. The monoisotopic (exact) mass is 376 g/mol. The van der Waals surface area contributed by atoms with E-state index < -0.39 is 0 Å². The Balaban J connectivity index is 2.64. The minimum Gasteiger partial charge on any atom is -0.236 e. The molecule has 5 heteroatoms. The number of hydrogen-bond donors (Lipinski definition) is 0. The molecule has 0 atom stereocenters. The zero-order valence-electron chi connectivity index (χ0n) is 9.47. The predicted molar refractivity (Wildman–Crippen MR) is 78.4 cm³/mol. The fourth-order valence-corrected chi connectivity index (χ4v) is 2.70. The molecular weight excluding hydrogens is 367 g/mol. The SMILES string of the molecule is Cc1nn(-c2ccc(Br)cc2CBr)c(C)c1Cl. The zero-order valence-corrected chi connectivity index (χ0v) is 13.4. The van der Waals surface area contributed by atoms with Crippen molar-refractivity contribution in [1.82, 2.24) is 9.78 Å². The summed E-state index contributed by atoms with van der Waals surface area (Å²) in [5.74, 6) is 0. The summed E-state index contributed by atoms with van der Waals surface area (Å²) in [4.78, 5) is 0. The highest BCUT2D eigenvalue weighted by Crippen LogP contribution is 2.27. The Hall–Kier alpha value is -0.320. The number of halogens is 3. The van der Waals surface area contributed by atoms with Crippen LogP contribution in [0.3, 0.4) is 0 Å². The molecule has 0 saturated heterocycles. The highest BCUT2D eigenvalue weighted by Gasteiger charge is 2.13. The van der Waals surface area contributed by atoms with Gasteiger partial charge in [0.25, 0.3) is 0 Å². The number of nitrogens with zero attached hydrogens (tertiary/aromatic N) is 2. The van der Waals surface area contributed by atoms with Crippen LogP contribution in [0.4, 0.5) is 0 Å². The van der Waals surface area contributed by atoms with Gasteiger partial charge in [-0.2, -0.15) is 5.10 Å². The second-order valence-corrected chi connectivity index (χ2v) is 5.66. The molecule has 2 rings (SSSR count). The number of hydrogen-bond acceptors (Lipinski definition) is 1. The van der Waals surface area contributed by atoms with Crippen molar-refractivity contribution in [1.29, 1.82) is 0 Å². The number of alkyl halides is 1. The van der Waals surface area contributed by atoms with E-state index >= 15 is 0 Å². The normalized spacial score (nSPS) is 10.9. The Labute approximate surface area is 122 Å². The molecular formula is C12H11Br2ClN2. The van der Waals surface area contributed by atoms with E-state index in [2.05, 4.69) is 43.0 Å². The average molecular weight is 378 g/mol. The van der Waals surface area contributed by atoms with Gasteiger partial charge < -0.3 is 0 Å². The summed E-state index contributed by atoms with van der Waals surface area (Å²) in [6.45, 7) is 3.89. The summed E-state index contributed by atoms with van der Waals surface area (Å²) >= 11 is 13.1. The molecule has 90 valence electrons. The summed E-state index contributed by atoms with van der Waals surface area (Å²) in [6, 6.07) is 6.12. The standard InChI is InChI=1S/C12H11Br2ClN2/c1-7-12(15)8(2)17(16-7)11-4-3-10(14)5-9(11)6-13/h3-5H,6H2,1-2H3. The first-order chi connectivity index (χ1) is 8.04. The average Bonchev–Trinajstić information content (AvgIpc) is 2.57.